The van der Waals surface area contributed by atoms with E-state index < -0.39 is 67.1 Å². The van der Waals surface area contributed by atoms with Gasteiger partial charge in [0.25, 0.3) is 0 Å². The van der Waals surface area contributed by atoms with Crippen LogP contribution in [0.5, 0.6) is 0 Å². The van der Waals surface area contributed by atoms with Crippen LogP contribution < -0.4 is 0 Å². The largest absolute Gasteiger partial charge is 0.463 e. The quantitative estimate of drug-likeness (QED) is 0.424. The third kappa shape index (κ3) is 7.71. The highest BCUT2D eigenvalue weighted by molar-refractivity contribution is 5.89. The first kappa shape index (κ1) is 31.1. The smallest absolute Gasteiger partial charge is 0.338 e. The van der Waals surface area contributed by atoms with Gasteiger partial charge in [-0.2, -0.15) is 0 Å². The number of carbonyl (C=O) groups is 2. The molecule has 0 aliphatic carbocycles. The van der Waals surface area contributed by atoms with Gasteiger partial charge in [0.05, 0.1) is 30.5 Å². The van der Waals surface area contributed by atoms with E-state index in [2.05, 4.69) is 0 Å². The first-order chi connectivity index (χ1) is 19.7. The Labute approximate surface area is 240 Å². The minimum atomic E-state index is -1.07. The van der Waals surface area contributed by atoms with Crippen molar-refractivity contribution in [3.63, 3.8) is 0 Å². The first-order valence-corrected chi connectivity index (χ1v) is 13.9. The maximum atomic E-state index is 13.0. The van der Waals surface area contributed by atoms with E-state index >= 15 is 0 Å². The van der Waals surface area contributed by atoms with Crippen LogP contribution in [0.3, 0.4) is 0 Å². The van der Waals surface area contributed by atoms with Crippen molar-refractivity contribution in [1.29, 1.82) is 0 Å². The van der Waals surface area contributed by atoms with Crippen molar-refractivity contribution in [1.82, 2.24) is 0 Å². The van der Waals surface area contributed by atoms with Crippen LogP contribution in [0.1, 0.15) is 43.6 Å². The molecule has 2 saturated heterocycles. The summed E-state index contributed by atoms with van der Waals surface area (Å²) in [4.78, 5) is 24.8. The lowest BCUT2D eigenvalue weighted by Gasteiger charge is -2.48. The topological polar surface area (TPSA) is 119 Å². The molecule has 0 amide bonds. The lowest BCUT2D eigenvalue weighted by Crippen LogP contribution is -2.62. The average Bonchev–Trinajstić information content (AvgIpc) is 2.98. The normalized spacial score (nSPS) is 33.6. The zero-order chi connectivity index (χ0) is 29.5. The summed E-state index contributed by atoms with van der Waals surface area (Å²) in [5, 5.41) is 10.8. The molecule has 224 valence electrons. The number of aliphatic hydroxyl groups is 1. The van der Waals surface area contributed by atoms with Gasteiger partial charge in [0.1, 0.15) is 18.8 Å². The Morgan fingerprint density at radius 1 is 0.854 bits per heavy atom. The molecule has 2 aromatic rings. The number of esters is 2. The lowest BCUT2D eigenvalue weighted by atomic mass is 9.89. The molecule has 0 aromatic heterocycles. The molecule has 4 rings (SSSR count). The highest BCUT2D eigenvalue weighted by Crippen LogP contribution is 2.36. The number of hydrogen-bond acceptors (Lipinski definition) is 10. The second-order valence-electron chi connectivity index (χ2n) is 10.6. The predicted molar refractivity (Wildman–Crippen MR) is 147 cm³/mol. The maximum absolute atomic E-state index is 13.0. The van der Waals surface area contributed by atoms with Gasteiger partial charge < -0.3 is 38.3 Å². The molecule has 0 spiro atoms. The molecule has 10 atom stereocenters. The third-order valence-electron chi connectivity index (χ3n) is 7.61. The van der Waals surface area contributed by atoms with Gasteiger partial charge in [0, 0.05) is 25.9 Å². The molecule has 10 heteroatoms. The standard InChI is InChI=1S/C31H40O10/c1-18-25(33)20(3)38-31(27(18)40-29(34)23-14-10-7-11-15-23)41-28-24(17-36-21(4)32)39-30(35-5)19(2)26(28)37-16-22-12-8-6-9-13-22/h6-15,18-20,24-28,30-31,33H,16-17H2,1-5H3/t18?,19?,20-,24?,25-,26+,27?,28+,30-,31-/m0/s1. The van der Waals surface area contributed by atoms with Crippen LogP contribution in [-0.4, -0.2) is 80.0 Å². The van der Waals surface area contributed by atoms with Crippen molar-refractivity contribution >= 4 is 11.9 Å². The van der Waals surface area contributed by atoms with Crippen LogP contribution in [0.25, 0.3) is 0 Å². The Balaban J connectivity index is 1.63. The molecule has 2 fully saturated rings. The molecule has 0 radical (unpaired) electrons. The Morgan fingerprint density at radius 2 is 1.51 bits per heavy atom. The molecule has 2 aromatic carbocycles. The molecular weight excluding hydrogens is 532 g/mol. The molecule has 2 heterocycles. The van der Waals surface area contributed by atoms with Gasteiger partial charge >= 0.3 is 11.9 Å². The minimum absolute atomic E-state index is 0.118. The molecule has 2 aliphatic rings. The number of ether oxygens (including phenoxy) is 7. The van der Waals surface area contributed by atoms with Crippen LogP contribution in [0.4, 0.5) is 0 Å². The van der Waals surface area contributed by atoms with E-state index in [0.29, 0.717) is 5.56 Å². The van der Waals surface area contributed by atoms with Crippen molar-refractivity contribution in [3.8, 4) is 0 Å². The zero-order valence-electron chi connectivity index (χ0n) is 24.1. The SMILES string of the molecule is CO[C@H]1OC(COC(C)=O)[C@@H](O[C@@H]2O[C@@H](C)[C@@H](O)C(C)C2OC(=O)c2ccccc2)[C@H](OCc2ccccc2)C1C. The molecule has 2 aliphatic heterocycles. The number of benzene rings is 2. The van der Waals surface area contributed by atoms with Gasteiger partial charge in [0.2, 0.25) is 0 Å². The molecule has 41 heavy (non-hydrogen) atoms. The van der Waals surface area contributed by atoms with E-state index in [4.69, 9.17) is 33.2 Å². The average molecular weight is 573 g/mol. The van der Waals surface area contributed by atoms with Crippen LogP contribution >= 0.6 is 0 Å². The molecule has 0 bridgehead atoms. The minimum Gasteiger partial charge on any atom is -0.463 e. The second-order valence-corrected chi connectivity index (χ2v) is 10.6. The van der Waals surface area contributed by atoms with Crippen LogP contribution in [0.2, 0.25) is 0 Å². The number of rotatable bonds is 10. The van der Waals surface area contributed by atoms with Gasteiger partial charge in [-0.15, -0.1) is 0 Å². The molecule has 10 nitrogen and oxygen atoms in total. The summed E-state index contributed by atoms with van der Waals surface area (Å²) in [5.74, 6) is -1.85. The number of carbonyl (C=O) groups excluding carboxylic acids is 2. The number of hydrogen-bond donors (Lipinski definition) is 1. The fourth-order valence-corrected chi connectivity index (χ4v) is 5.25. The molecule has 0 saturated carbocycles. The van der Waals surface area contributed by atoms with Crippen LogP contribution in [0.15, 0.2) is 60.7 Å². The van der Waals surface area contributed by atoms with Gasteiger partial charge in [-0.1, -0.05) is 62.4 Å². The number of methoxy groups -OCH3 is 1. The van der Waals surface area contributed by atoms with Crippen molar-refractivity contribution in [3.05, 3.63) is 71.8 Å². The fraction of sp³-hybridized carbons (Fsp3) is 0.548. The molecule has 1 N–H and O–H groups in total. The van der Waals surface area contributed by atoms with E-state index in [9.17, 15) is 14.7 Å². The Bertz CT molecular complexity index is 1110. The summed E-state index contributed by atoms with van der Waals surface area (Å²) in [6, 6.07) is 18.3. The van der Waals surface area contributed by atoms with Crippen molar-refractivity contribution in [2.24, 2.45) is 11.8 Å². The fourth-order valence-electron chi connectivity index (χ4n) is 5.25. The highest BCUT2D eigenvalue weighted by atomic mass is 16.7. The van der Waals surface area contributed by atoms with E-state index in [1.165, 1.54) is 14.0 Å². The first-order valence-electron chi connectivity index (χ1n) is 13.9. The van der Waals surface area contributed by atoms with Crippen molar-refractivity contribution in [2.45, 2.75) is 83.5 Å². The zero-order valence-corrected chi connectivity index (χ0v) is 24.1. The maximum Gasteiger partial charge on any atom is 0.338 e. The van der Waals surface area contributed by atoms with Gasteiger partial charge in [0.15, 0.2) is 18.7 Å². The van der Waals surface area contributed by atoms with Gasteiger partial charge in [-0.05, 0) is 24.6 Å². The Morgan fingerprint density at radius 3 is 2.15 bits per heavy atom. The van der Waals surface area contributed by atoms with E-state index in [0.717, 1.165) is 5.56 Å². The summed E-state index contributed by atoms with van der Waals surface area (Å²) in [6.45, 7) is 6.91. The van der Waals surface area contributed by atoms with Crippen molar-refractivity contribution < 1.29 is 47.9 Å². The third-order valence-corrected chi connectivity index (χ3v) is 7.61. The van der Waals surface area contributed by atoms with Crippen LogP contribution in [-0.2, 0) is 44.6 Å². The summed E-state index contributed by atoms with van der Waals surface area (Å²) in [7, 11) is 1.54. The van der Waals surface area contributed by atoms with E-state index in [1.807, 2.05) is 37.3 Å². The summed E-state index contributed by atoms with van der Waals surface area (Å²) < 4.78 is 42.1. The lowest BCUT2D eigenvalue weighted by molar-refractivity contribution is -0.346. The summed E-state index contributed by atoms with van der Waals surface area (Å²) in [5.41, 5.74) is 1.32. The van der Waals surface area contributed by atoms with E-state index in [1.54, 1.807) is 44.2 Å². The number of aliphatic hydroxyl groups excluding tert-OH is 1. The Kier molecular flexibility index (Phi) is 10.9. The molecule has 4 unspecified atom stereocenters. The Hall–Kier alpha value is -2.86. The molecular formula is C31H40O10. The van der Waals surface area contributed by atoms with E-state index in [-0.39, 0.29) is 19.1 Å². The van der Waals surface area contributed by atoms with Crippen molar-refractivity contribution in [2.75, 3.05) is 13.7 Å². The highest BCUT2D eigenvalue weighted by Gasteiger charge is 2.51. The predicted octanol–water partition coefficient (Wildman–Crippen LogP) is 3.49. The second kappa shape index (κ2) is 14.4. The summed E-state index contributed by atoms with van der Waals surface area (Å²) >= 11 is 0. The van der Waals surface area contributed by atoms with Gasteiger partial charge in [-0.3, -0.25) is 4.79 Å². The summed E-state index contributed by atoms with van der Waals surface area (Å²) in [6.07, 6.45) is -6.36. The monoisotopic (exact) mass is 572 g/mol. The van der Waals surface area contributed by atoms with Crippen LogP contribution in [0, 0.1) is 11.8 Å². The van der Waals surface area contributed by atoms with Gasteiger partial charge in [-0.25, -0.2) is 4.79 Å².